The lowest BCUT2D eigenvalue weighted by atomic mass is 9.77. The zero-order chi connectivity index (χ0) is 35.7. The van der Waals surface area contributed by atoms with Gasteiger partial charge in [0, 0.05) is 13.0 Å². The van der Waals surface area contributed by atoms with E-state index in [1.165, 1.54) is 9.80 Å². The first-order valence-electron chi connectivity index (χ1n) is 17.3. The number of nitrogens with zero attached hydrogens (tertiary/aromatic N) is 2. The van der Waals surface area contributed by atoms with Gasteiger partial charge in [-0.05, 0) is 43.0 Å². The number of esters is 1. The third-order valence-electron chi connectivity index (χ3n) is 10.3. The second kappa shape index (κ2) is 14.5. The van der Waals surface area contributed by atoms with Crippen molar-refractivity contribution in [1.82, 2.24) is 10.2 Å². The highest BCUT2D eigenvalue weighted by Crippen LogP contribution is 2.54. The second-order valence-electron chi connectivity index (χ2n) is 13.5. The number of likely N-dealkylation sites (tertiary alicyclic amines) is 1. The van der Waals surface area contributed by atoms with Crippen LogP contribution in [0.3, 0.4) is 0 Å². The van der Waals surface area contributed by atoms with Crippen LogP contribution in [0.25, 0.3) is 0 Å². The molecule has 264 valence electrons. The molecule has 0 unspecified atom stereocenters. The molecule has 10 nitrogen and oxygen atoms in total. The molecule has 0 aromatic heterocycles. The van der Waals surface area contributed by atoms with E-state index in [-0.39, 0.29) is 25.3 Å². The van der Waals surface area contributed by atoms with Crippen LogP contribution in [0.15, 0.2) is 109 Å². The zero-order valence-corrected chi connectivity index (χ0v) is 28.9. The summed E-state index contributed by atoms with van der Waals surface area (Å²) in [6.07, 6.45) is 5.99. The number of fused-ring (bicyclic) bond motifs is 2. The van der Waals surface area contributed by atoms with Crippen molar-refractivity contribution in [1.29, 1.82) is 0 Å². The third-order valence-corrected chi connectivity index (χ3v) is 10.7. The van der Waals surface area contributed by atoms with Gasteiger partial charge < -0.3 is 29.7 Å². The predicted molar refractivity (Wildman–Crippen MR) is 190 cm³/mol. The number of allylic oxidation sites excluding steroid dienone is 1. The van der Waals surface area contributed by atoms with Crippen LogP contribution in [0.1, 0.15) is 37.0 Å². The van der Waals surface area contributed by atoms with E-state index in [0.717, 1.165) is 5.56 Å². The summed E-state index contributed by atoms with van der Waals surface area (Å²) in [6, 6.07) is 22.9. The summed E-state index contributed by atoms with van der Waals surface area (Å²) in [6.45, 7) is 1.48. The average molecular weight is 710 g/mol. The summed E-state index contributed by atoms with van der Waals surface area (Å²) in [5, 5.41) is 14.2. The lowest BCUT2D eigenvalue weighted by Crippen LogP contribution is -2.58. The van der Waals surface area contributed by atoms with Crippen molar-refractivity contribution in [2.45, 2.75) is 62.1 Å². The summed E-state index contributed by atoms with van der Waals surface area (Å²) < 4.78 is 13.1. The molecule has 2 saturated heterocycles. The van der Waals surface area contributed by atoms with Crippen LogP contribution in [-0.4, -0.2) is 76.7 Å². The molecule has 0 saturated carbocycles. The summed E-state index contributed by atoms with van der Waals surface area (Å²) in [5.74, 6) is -4.12. The fraction of sp³-hybridized carbons (Fsp3) is 0.350. The Hall–Kier alpha value is -4.77. The van der Waals surface area contributed by atoms with Crippen molar-refractivity contribution in [3.63, 3.8) is 0 Å². The summed E-state index contributed by atoms with van der Waals surface area (Å²) in [7, 11) is 0. The number of para-hydroxylation sites is 1. The number of aliphatic hydroxyl groups excluding tert-OH is 1. The fourth-order valence-corrected chi connectivity index (χ4v) is 8.30. The number of rotatable bonds is 6. The van der Waals surface area contributed by atoms with E-state index >= 15 is 4.79 Å². The number of hydrogen-bond acceptors (Lipinski definition) is 7. The zero-order valence-electron chi connectivity index (χ0n) is 28.1. The number of aliphatic hydroxyl groups is 1. The maximum atomic E-state index is 15.1. The highest BCUT2D eigenvalue weighted by molar-refractivity contribution is 6.34. The number of amides is 3. The van der Waals surface area contributed by atoms with Crippen LogP contribution in [0.2, 0.25) is 5.02 Å². The smallest absolute Gasteiger partial charge is 0.313 e. The van der Waals surface area contributed by atoms with Gasteiger partial charge in [0.15, 0.2) is 0 Å². The molecule has 3 aromatic rings. The van der Waals surface area contributed by atoms with Gasteiger partial charge in [-0.3, -0.25) is 19.2 Å². The number of anilines is 1. The van der Waals surface area contributed by atoms with Crippen LogP contribution >= 0.6 is 11.6 Å². The molecule has 2 N–H and O–H groups in total. The number of carbonyl (C=O) groups is 4. The first-order chi connectivity index (χ1) is 24.7. The number of halogens is 1. The molecule has 0 radical (unpaired) electrons. The van der Waals surface area contributed by atoms with E-state index < -0.39 is 72.2 Å². The van der Waals surface area contributed by atoms with Gasteiger partial charge in [-0.1, -0.05) is 109 Å². The number of benzene rings is 3. The lowest BCUT2D eigenvalue weighted by molar-refractivity contribution is -0.161. The SMILES string of the molecule is C[C@H]1NC(=O)CC/C=C\[C@H]2O[C@]34C=CCN(c5ccccc5Cl)C(=O)[C@H]3N([C@@H](CO)Cc3ccccc3)C(=O)[C@@H]4[C@H]2C(=O)O[C@@H]1c1ccccc1. The molecule has 0 aliphatic carbocycles. The van der Waals surface area contributed by atoms with E-state index in [4.69, 9.17) is 21.1 Å². The Balaban J connectivity index is 1.35. The highest BCUT2D eigenvalue weighted by Gasteiger charge is 2.72. The van der Waals surface area contributed by atoms with Gasteiger partial charge in [0.25, 0.3) is 5.91 Å². The third kappa shape index (κ3) is 6.37. The molecule has 8 atom stereocenters. The van der Waals surface area contributed by atoms with Gasteiger partial charge in [-0.2, -0.15) is 0 Å². The maximum absolute atomic E-state index is 15.1. The molecule has 3 aromatic carbocycles. The van der Waals surface area contributed by atoms with Gasteiger partial charge in [0.05, 0.1) is 41.4 Å². The van der Waals surface area contributed by atoms with Gasteiger partial charge in [-0.15, -0.1) is 0 Å². The number of nitrogens with one attached hydrogen (secondary N) is 1. The molecule has 4 heterocycles. The second-order valence-corrected chi connectivity index (χ2v) is 13.9. The Morgan fingerprint density at radius 1 is 0.941 bits per heavy atom. The van der Waals surface area contributed by atoms with Crippen LogP contribution < -0.4 is 10.2 Å². The Morgan fingerprint density at radius 2 is 1.65 bits per heavy atom. The first-order valence-corrected chi connectivity index (χ1v) is 17.7. The maximum Gasteiger partial charge on any atom is 0.313 e. The van der Waals surface area contributed by atoms with E-state index in [9.17, 15) is 19.5 Å². The van der Waals surface area contributed by atoms with Crippen molar-refractivity contribution in [3.8, 4) is 0 Å². The fourth-order valence-electron chi connectivity index (χ4n) is 8.06. The van der Waals surface area contributed by atoms with Crippen LogP contribution in [0.5, 0.6) is 0 Å². The van der Waals surface area contributed by atoms with E-state index in [2.05, 4.69) is 5.32 Å². The minimum Gasteiger partial charge on any atom is -0.455 e. The Bertz CT molecular complexity index is 1850. The molecule has 0 bridgehead atoms. The number of ether oxygens (including phenoxy) is 2. The van der Waals surface area contributed by atoms with Crippen LogP contribution in [0.4, 0.5) is 5.69 Å². The predicted octanol–water partition coefficient (Wildman–Crippen LogP) is 4.57. The Morgan fingerprint density at radius 3 is 2.37 bits per heavy atom. The Labute approximate surface area is 301 Å². The molecule has 51 heavy (non-hydrogen) atoms. The minimum absolute atomic E-state index is 0.137. The lowest BCUT2D eigenvalue weighted by Gasteiger charge is -2.38. The molecule has 4 aliphatic rings. The summed E-state index contributed by atoms with van der Waals surface area (Å²) in [4.78, 5) is 60.4. The highest BCUT2D eigenvalue weighted by atomic mass is 35.5. The van der Waals surface area contributed by atoms with Gasteiger partial charge >= 0.3 is 5.97 Å². The van der Waals surface area contributed by atoms with Crippen LogP contribution in [-0.2, 0) is 35.1 Å². The molecular weight excluding hydrogens is 670 g/mol. The molecular formula is C40H40ClN3O7. The molecule has 2 fully saturated rings. The van der Waals surface area contributed by atoms with E-state index in [1.807, 2.05) is 60.7 Å². The van der Waals surface area contributed by atoms with Crippen molar-refractivity contribution in [3.05, 3.63) is 125 Å². The first kappa shape index (κ1) is 34.7. The number of carbonyl (C=O) groups excluding carboxylic acids is 4. The van der Waals surface area contributed by atoms with Crippen LogP contribution in [0, 0.1) is 11.8 Å². The van der Waals surface area contributed by atoms with E-state index in [1.54, 1.807) is 55.5 Å². The molecule has 7 rings (SSSR count). The molecule has 11 heteroatoms. The minimum atomic E-state index is -1.59. The van der Waals surface area contributed by atoms with Gasteiger partial charge in [0.2, 0.25) is 11.8 Å². The molecule has 3 amide bonds. The average Bonchev–Trinajstić information content (AvgIpc) is 3.53. The van der Waals surface area contributed by atoms with Crippen molar-refractivity contribution >= 4 is 41.0 Å². The van der Waals surface area contributed by atoms with Crippen molar-refractivity contribution in [2.24, 2.45) is 11.8 Å². The normalized spacial score (nSPS) is 30.6. The van der Waals surface area contributed by atoms with Gasteiger partial charge in [0.1, 0.15) is 23.7 Å². The summed E-state index contributed by atoms with van der Waals surface area (Å²) >= 11 is 6.62. The Kier molecular flexibility index (Phi) is 9.83. The topological polar surface area (TPSA) is 125 Å². The quantitative estimate of drug-likeness (QED) is 0.284. The van der Waals surface area contributed by atoms with Crippen molar-refractivity contribution in [2.75, 3.05) is 18.1 Å². The van der Waals surface area contributed by atoms with Crippen molar-refractivity contribution < 1.29 is 33.8 Å². The molecule has 4 aliphatic heterocycles. The summed E-state index contributed by atoms with van der Waals surface area (Å²) in [5.41, 5.74) is 0.418. The number of cyclic esters (lactones) is 1. The monoisotopic (exact) mass is 709 g/mol. The largest absolute Gasteiger partial charge is 0.455 e. The van der Waals surface area contributed by atoms with Gasteiger partial charge in [-0.25, -0.2) is 0 Å². The number of hydrogen-bond donors (Lipinski definition) is 2. The standard InChI is InChI=1S/C40H40ClN3O7/c1-25-35(27-15-6-3-7-16-27)50-39(49)33-31(19-10-11-20-32(46)42-25)51-40-21-12-22-43(30-18-9-8-17-29(30)41)38(48)36(40)44(37(47)34(33)40)28(24-45)23-26-13-4-2-5-14-26/h2-10,12-19,21,25,28,31,33-36,45H,11,20,22-24H2,1H3,(H,42,46)/b19-10-/t25-,28-,31-,33+,34+,35+,36-,40+/m1/s1. The molecule has 1 spiro atoms. The van der Waals surface area contributed by atoms with E-state index in [0.29, 0.717) is 22.7 Å².